The molecule has 12 heteroatoms. The summed E-state index contributed by atoms with van der Waals surface area (Å²) in [6, 6.07) is 14.1. The number of aliphatic hydroxyl groups is 1. The molecule has 0 heterocycles. The van der Waals surface area contributed by atoms with E-state index < -0.39 is 29.5 Å². The van der Waals surface area contributed by atoms with Gasteiger partial charge in [0.05, 0.1) is 12.6 Å². The average Bonchev–Trinajstić information content (AvgIpc) is 2.98. The monoisotopic (exact) mass is 640 g/mol. The van der Waals surface area contributed by atoms with Crippen molar-refractivity contribution in [3.63, 3.8) is 0 Å². The lowest BCUT2D eigenvalue weighted by atomic mass is 9.87. The van der Waals surface area contributed by atoms with Crippen molar-refractivity contribution < 1.29 is 45.8 Å². The van der Waals surface area contributed by atoms with Gasteiger partial charge in [0.25, 0.3) is 5.60 Å². The Labute approximate surface area is 258 Å². The molecule has 0 aliphatic heterocycles. The normalized spacial score (nSPS) is 13.0. The van der Waals surface area contributed by atoms with Crippen LogP contribution in [-0.2, 0) is 23.2 Å². The number of urea groups is 1. The van der Waals surface area contributed by atoms with Crippen LogP contribution >= 0.6 is 0 Å². The molecule has 3 rings (SSSR count). The number of hydrogen-bond donors (Lipinski definition) is 2. The molecule has 3 aromatic carbocycles. The summed E-state index contributed by atoms with van der Waals surface area (Å²) < 4.78 is 87.6. The highest BCUT2D eigenvalue weighted by Crippen LogP contribution is 2.51. The highest BCUT2D eigenvalue weighted by atomic mass is 19.4. The van der Waals surface area contributed by atoms with Crippen LogP contribution in [0.3, 0.4) is 0 Å². The van der Waals surface area contributed by atoms with Gasteiger partial charge >= 0.3 is 18.4 Å². The molecule has 0 fully saturated rings. The van der Waals surface area contributed by atoms with Gasteiger partial charge in [-0.1, -0.05) is 63.1 Å². The third-order valence-electron chi connectivity index (χ3n) is 7.56. The van der Waals surface area contributed by atoms with E-state index in [-0.39, 0.29) is 48.9 Å². The van der Waals surface area contributed by atoms with E-state index >= 15 is 0 Å². The number of rotatable bonds is 14. The number of imide groups is 1. The summed E-state index contributed by atoms with van der Waals surface area (Å²) in [5.41, 5.74) is -5.22. The van der Waals surface area contributed by atoms with E-state index in [0.717, 1.165) is 21.2 Å². The minimum Gasteiger partial charge on any atom is -0.493 e. The van der Waals surface area contributed by atoms with Crippen LogP contribution in [0.15, 0.2) is 54.6 Å². The Balaban J connectivity index is 1.67. The third kappa shape index (κ3) is 8.27. The highest BCUT2D eigenvalue weighted by Gasteiger charge is 2.71. The third-order valence-corrected chi connectivity index (χ3v) is 7.56. The summed E-state index contributed by atoms with van der Waals surface area (Å²) in [4.78, 5) is 25.4. The number of nitrogens with one attached hydrogen (secondary N) is 1. The lowest BCUT2D eigenvalue weighted by Gasteiger charge is -2.33. The maximum Gasteiger partial charge on any atom is 0.430 e. The average molecular weight is 641 g/mol. The predicted molar refractivity (Wildman–Crippen MR) is 159 cm³/mol. The van der Waals surface area contributed by atoms with Crippen molar-refractivity contribution in [1.82, 2.24) is 10.2 Å². The van der Waals surface area contributed by atoms with Crippen molar-refractivity contribution >= 4 is 23.2 Å². The molecule has 246 valence electrons. The first-order valence-corrected chi connectivity index (χ1v) is 14.8. The lowest BCUT2D eigenvalue weighted by Crippen LogP contribution is -2.54. The summed E-state index contributed by atoms with van der Waals surface area (Å²) in [7, 11) is 0. The molecule has 0 spiro atoms. The van der Waals surface area contributed by atoms with E-state index in [0.29, 0.717) is 44.2 Å². The highest BCUT2D eigenvalue weighted by molar-refractivity contribution is 5.86. The van der Waals surface area contributed by atoms with E-state index in [1.54, 1.807) is 20.8 Å². The zero-order valence-electron chi connectivity index (χ0n) is 25.4. The molecule has 6 nitrogen and oxygen atoms in total. The van der Waals surface area contributed by atoms with Gasteiger partial charge in [-0.3, -0.25) is 9.69 Å². The van der Waals surface area contributed by atoms with E-state index in [1.165, 1.54) is 0 Å². The quantitative estimate of drug-likeness (QED) is 0.106. The van der Waals surface area contributed by atoms with Crippen LogP contribution in [0.4, 0.5) is 31.1 Å². The predicted octanol–water partition coefficient (Wildman–Crippen LogP) is 8.15. The van der Waals surface area contributed by atoms with Crippen molar-refractivity contribution in [2.75, 3.05) is 13.2 Å². The summed E-state index contributed by atoms with van der Waals surface area (Å²) in [6.45, 7) is 5.34. The Hall–Kier alpha value is -3.80. The van der Waals surface area contributed by atoms with E-state index in [4.69, 9.17) is 4.74 Å². The summed E-state index contributed by atoms with van der Waals surface area (Å²) >= 11 is 0. The number of halogens is 6. The molecule has 0 aliphatic carbocycles. The summed E-state index contributed by atoms with van der Waals surface area (Å²) in [5.74, 6) is 0.184. The van der Waals surface area contributed by atoms with Gasteiger partial charge < -0.3 is 15.2 Å². The Morgan fingerprint density at radius 1 is 0.911 bits per heavy atom. The van der Waals surface area contributed by atoms with Crippen molar-refractivity contribution in [1.29, 1.82) is 0 Å². The molecule has 3 amide bonds. The number of aryl methyl sites for hydroxylation is 2. The van der Waals surface area contributed by atoms with Crippen LogP contribution < -0.4 is 10.1 Å². The number of carbonyl (C=O) groups is 2. The lowest BCUT2D eigenvalue weighted by molar-refractivity contribution is -0.376. The molecule has 0 aromatic heterocycles. The molecular weight excluding hydrogens is 602 g/mol. The van der Waals surface area contributed by atoms with Crippen LogP contribution in [0.2, 0.25) is 0 Å². The molecule has 1 atom stereocenters. The molecule has 1 unspecified atom stereocenters. The minimum atomic E-state index is -6.00. The second kappa shape index (κ2) is 15.0. The minimum absolute atomic E-state index is 0.0391. The second-order valence-electron chi connectivity index (χ2n) is 11.0. The first-order valence-electron chi connectivity index (χ1n) is 14.8. The van der Waals surface area contributed by atoms with Crippen LogP contribution in [0, 0.1) is 0 Å². The van der Waals surface area contributed by atoms with Gasteiger partial charge in [-0.05, 0) is 78.3 Å². The van der Waals surface area contributed by atoms with Crippen molar-refractivity contribution in [2.45, 2.75) is 83.3 Å². The number of unbranched alkanes of at least 4 members (excludes halogenated alkanes) is 1. The number of benzene rings is 3. The smallest absolute Gasteiger partial charge is 0.430 e. The Kier molecular flexibility index (Phi) is 11.9. The molecule has 3 aromatic rings. The zero-order chi connectivity index (χ0) is 33.4. The molecule has 0 bridgehead atoms. The molecule has 45 heavy (non-hydrogen) atoms. The topological polar surface area (TPSA) is 78.9 Å². The fraction of sp³-hybridized carbons (Fsp3) is 0.455. The SMILES string of the molecule is CCCc1cc(C(O)(C(F)(F)F)C(F)(F)F)cc(CCC)c1OCCCCN(C=O)C(=O)NC(C)c1ccc2ccccc2c1. The molecule has 2 N–H and O–H groups in total. The van der Waals surface area contributed by atoms with Gasteiger partial charge in [-0.25, -0.2) is 4.79 Å². The zero-order valence-corrected chi connectivity index (χ0v) is 25.4. The maximum atomic E-state index is 13.6. The standard InChI is InChI=1S/C33H38F6N2O4/c1-4-10-26-19-28(31(44,32(34,35)36)33(37,38)39)20-27(11-5-2)29(26)45-17-9-8-16-41(21-42)30(43)40-22(3)24-15-14-23-12-6-7-13-25(23)18-24/h6-7,12-15,18-22,44H,4-5,8-11,16-17H2,1-3H3,(H,40,43). The Morgan fingerprint density at radius 3 is 2.02 bits per heavy atom. The van der Waals surface area contributed by atoms with E-state index in [2.05, 4.69) is 5.32 Å². The summed E-state index contributed by atoms with van der Waals surface area (Å²) in [6.07, 6.45) is -9.83. The number of ether oxygens (including phenoxy) is 1. The van der Waals surface area contributed by atoms with Crippen molar-refractivity contribution in [3.8, 4) is 5.75 Å². The first kappa shape index (κ1) is 35.7. The van der Waals surface area contributed by atoms with Crippen LogP contribution in [0.25, 0.3) is 10.8 Å². The van der Waals surface area contributed by atoms with Crippen molar-refractivity contribution in [3.05, 3.63) is 76.9 Å². The molecular formula is C33H38F6N2O4. The number of alkyl halides is 6. The molecule has 0 aliphatic rings. The molecule has 0 saturated heterocycles. The van der Waals surface area contributed by atoms with Crippen molar-refractivity contribution in [2.24, 2.45) is 0 Å². The van der Waals surface area contributed by atoms with Gasteiger partial charge in [0.15, 0.2) is 0 Å². The molecule has 0 radical (unpaired) electrons. The van der Waals surface area contributed by atoms with Gasteiger partial charge in [0.2, 0.25) is 6.41 Å². The number of amides is 3. The Bertz CT molecular complexity index is 1420. The van der Waals surface area contributed by atoms with Crippen LogP contribution in [0.5, 0.6) is 5.75 Å². The second-order valence-corrected chi connectivity index (χ2v) is 11.0. The largest absolute Gasteiger partial charge is 0.493 e. The van der Waals surface area contributed by atoms with E-state index in [1.807, 2.05) is 42.5 Å². The van der Waals surface area contributed by atoms with Gasteiger partial charge in [0, 0.05) is 12.1 Å². The fourth-order valence-electron chi connectivity index (χ4n) is 5.14. The Morgan fingerprint density at radius 2 is 1.49 bits per heavy atom. The molecule has 0 saturated carbocycles. The fourth-order valence-corrected chi connectivity index (χ4v) is 5.14. The van der Waals surface area contributed by atoms with Crippen LogP contribution in [-0.4, -0.2) is 48.0 Å². The van der Waals surface area contributed by atoms with E-state index in [9.17, 15) is 41.0 Å². The first-order chi connectivity index (χ1) is 21.2. The van der Waals surface area contributed by atoms with Gasteiger partial charge in [-0.2, -0.15) is 26.3 Å². The summed E-state index contributed by atoms with van der Waals surface area (Å²) in [5, 5.41) is 14.9. The van der Waals surface area contributed by atoms with Crippen LogP contribution in [0.1, 0.15) is 74.8 Å². The van der Waals surface area contributed by atoms with Gasteiger partial charge in [-0.15, -0.1) is 0 Å². The number of hydrogen-bond acceptors (Lipinski definition) is 4. The maximum absolute atomic E-state index is 13.6. The number of nitrogens with zero attached hydrogens (tertiary/aromatic N) is 1. The van der Waals surface area contributed by atoms with Gasteiger partial charge in [0.1, 0.15) is 5.75 Å². The number of fused-ring (bicyclic) bond motifs is 1. The number of carbonyl (C=O) groups excluding carboxylic acids is 2.